The highest BCUT2D eigenvalue weighted by atomic mass is 15.1. The van der Waals surface area contributed by atoms with E-state index in [2.05, 4.69) is 15.6 Å². The van der Waals surface area contributed by atoms with Crippen molar-refractivity contribution >= 4 is 5.96 Å². The SMILES string of the molecule is CNC(NC)=[NH+]C. The molecule has 0 fully saturated rings. The molecule has 0 aliphatic heterocycles. The topological polar surface area (TPSA) is 38.0 Å². The van der Waals surface area contributed by atoms with E-state index in [1.807, 2.05) is 21.1 Å². The van der Waals surface area contributed by atoms with E-state index in [1.165, 1.54) is 0 Å². The lowest BCUT2D eigenvalue weighted by Gasteiger charge is -1.90. The Morgan fingerprint density at radius 2 is 1.71 bits per heavy atom. The largest absolute Gasteiger partial charge is 0.342 e. The summed E-state index contributed by atoms with van der Waals surface area (Å²) in [5, 5.41) is 5.79. The van der Waals surface area contributed by atoms with Gasteiger partial charge in [0.2, 0.25) is 0 Å². The van der Waals surface area contributed by atoms with Crippen LogP contribution in [0.25, 0.3) is 0 Å². The van der Waals surface area contributed by atoms with Crippen molar-refractivity contribution in [3.63, 3.8) is 0 Å². The number of guanidine groups is 1. The van der Waals surface area contributed by atoms with E-state index in [4.69, 9.17) is 0 Å². The quantitative estimate of drug-likeness (QED) is 0.233. The smallest absolute Gasteiger partial charge is 0.281 e. The van der Waals surface area contributed by atoms with Gasteiger partial charge in [-0.3, -0.25) is 15.6 Å². The van der Waals surface area contributed by atoms with Gasteiger partial charge in [0.1, 0.15) is 0 Å². The van der Waals surface area contributed by atoms with Gasteiger partial charge >= 0.3 is 5.96 Å². The molecule has 0 saturated carbocycles. The first-order chi connectivity index (χ1) is 3.35. The standard InChI is InChI=1S/C4H11N3/c1-5-4(6-2)7-3/h1-3H3,(H2,5,6,7)/p+1. The third-order valence-corrected chi connectivity index (χ3v) is 0.750. The summed E-state index contributed by atoms with van der Waals surface area (Å²) in [5.74, 6) is 0.931. The molecule has 0 spiro atoms. The van der Waals surface area contributed by atoms with E-state index in [9.17, 15) is 0 Å². The zero-order valence-electron chi connectivity index (χ0n) is 5.00. The van der Waals surface area contributed by atoms with Crippen LogP contribution < -0.4 is 15.6 Å². The first-order valence-electron chi connectivity index (χ1n) is 2.25. The summed E-state index contributed by atoms with van der Waals surface area (Å²) >= 11 is 0. The predicted octanol–water partition coefficient (Wildman–Crippen LogP) is -2.51. The average molecular weight is 102 g/mol. The van der Waals surface area contributed by atoms with Crippen molar-refractivity contribution in [2.75, 3.05) is 21.1 Å². The van der Waals surface area contributed by atoms with Gasteiger partial charge in [0.25, 0.3) is 0 Å². The molecule has 0 aromatic rings. The maximum Gasteiger partial charge on any atom is 0.342 e. The Hall–Kier alpha value is -0.730. The summed E-state index contributed by atoms with van der Waals surface area (Å²) in [6, 6.07) is 0. The molecule has 0 heterocycles. The molecule has 0 saturated heterocycles. The van der Waals surface area contributed by atoms with Crippen LogP contribution in [0.1, 0.15) is 0 Å². The van der Waals surface area contributed by atoms with Crippen molar-refractivity contribution in [3.05, 3.63) is 0 Å². The Morgan fingerprint density at radius 1 is 1.29 bits per heavy atom. The highest BCUT2D eigenvalue weighted by Crippen LogP contribution is 1.34. The number of rotatable bonds is 0. The van der Waals surface area contributed by atoms with E-state index in [0.717, 1.165) is 5.96 Å². The van der Waals surface area contributed by atoms with Gasteiger partial charge in [-0.1, -0.05) is 0 Å². The van der Waals surface area contributed by atoms with Gasteiger partial charge in [0, 0.05) is 0 Å². The maximum absolute atomic E-state index is 2.90. The van der Waals surface area contributed by atoms with Crippen molar-refractivity contribution in [1.29, 1.82) is 0 Å². The van der Waals surface area contributed by atoms with Crippen LogP contribution in [0.15, 0.2) is 0 Å². The van der Waals surface area contributed by atoms with Crippen LogP contribution in [0.4, 0.5) is 0 Å². The van der Waals surface area contributed by atoms with E-state index in [0.29, 0.717) is 0 Å². The van der Waals surface area contributed by atoms with E-state index >= 15 is 0 Å². The summed E-state index contributed by atoms with van der Waals surface area (Å²) in [6.45, 7) is 0. The Kier molecular flexibility index (Phi) is 3.10. The molecule has 0 unspecified atom stereocenters. The van der Waals surface area contributed by atoms with Crippen LogP contribution in [0.5, 0.6) is 0 Å². The van der Waals surface area contributed by atoms with Crippen LogP contribution in [-0.2, 0) is 0 Å². The lowest BCUT2D eigenvalue weighted by molar-refractivity contribution is -0.424. The number of nitrogens with one attached hydrogen (secondary N) is 3. The van der Waals surface area contributed by atoms with Gasteiger partial charge in [0.15, 0.2) is 0 Å². The highest BCUT2D eigenvalue weighted by molar-refractivity contribution is 5.72. The Bertz CT molecular complexity index is 61.3. The average Bonchev–Trinajstić information content (AvgIpc) is 1.72. The fourth-order valence-electron chi connectivity index (χ4n) is 0.375. The Labute approximate surface area is 43.8 Å². The number of hydrogen-bond donors (Lipinski definition) is 3. The second kappa shape index (κ2) is 3.46. The number of hydrogen-bond acceptors (Lipinski definition) is 0. The minimum Gasteiger partial charge on any atom is -0.281 e. The molecule has 0 radical (unpaired) electrons. The molecule has 0 aromatic heterocycles. The Balaban J connectivity index is 3.38. The normalized spacial score (nSPS) is 7.29. The first-order valence-corrected chi connectivity index (χ1v) is 2.25. The zero-order chi connectivity index (χ0) is 5.70. The molecule has 0 atom stereocenters. The molecule has 0 rings (SSSR count). The summed E-state index contributed by atoms with van der Waals surface area (Å²) in [5.41, 5.74) is 0. The molecule has 0 aliphatic rings. The fourth-order valence-corrected chi connectivity index (χ4v) is 0.375. The molecule has 0 bridgehead atoms. The molecule has 7 heavy (non-hydrogen) atoms. The van der Waals surface area contributed by atoms with Crippen LogP contribution in [-0.4, -0.2) is 27.1 Å². The van der Waals surface area contributed by atoms with Gasteiger partial charge < -0.3 is 0 Å². The molecule has 0 amide bonds. The third-order valence-electron chi connectivity index (χ3n) is 0.750. The molecule has 0 aliphatic carbocycles. The molecular formula is C4H12N3+. The van der Waals surface area contributed by atoms with Crippen molar-refractivity contribution in [2.24, 2.45) is 0 Å². The molecule has 42 valence electrons. The second-order valence-electron chi connectivity index (χ2n) is 1.12. The van der Waals surface area contributed by atoms with Crippen molar-refractivity contribution in [2.45, 2.75) is 0 Å². The van der Waals surface area contributed by atoms with E-state index < -0.39 is 0 Å². The van der Waals surface area contributed by atoms with Crippen molar-refractivity contribution in [1.82, 2.24) is 10.6 Å². The van der Waals surface area contributed by atoms with Gasteiger partial charge in [-0.15, -0.1) is 0 Å². The van der Waals surface area contributed by atoms with E-state index in [-0.39, 0.29) is 0 Å². The molecule has 3 nitrogen and oxygen atoms in total. The van der Waals surface area contributed by atoms with Crippen LogP contribution in [0.3, 0.4) is 0 Å². The maximum atomic E-state index is 2.90. The monoisotopic (exact) mass is 102 g/mol. The van der Waals surface area contributed by atoms with Crippen molar-refractivity contribution < 1.29 is 4.99 Å². The summed E-state index contributed by atoms with van der Waals surface area (Å²) in [4.78, 5) is 2.90. The fraction of sp³-hybridized carbons (Fsp3) is 0.750. The molecule has 3 N–H and O–H groups in total. The minimum atomic E-state index is 0.931. The zero-order valence-corrected chi connectivity index (χ0v) is 5.00. The summed E-state index contributed by atoms with van der Waals surface area (Å²) in [7, 11) is 5.55. The summed E-state index contributed by atoms with van der Waals surface area (Å²) < 4.78 is 0. The van der Waals surface area contributed by atoms with Crippen LogP contribution in [0, 0.1) is 0 Å². The molecular weight excluding hydrogens is 90.1 g/mol. The Morgan fingerprint density at radius 3 is 1.71 bits per heavy atom. The summed E-state index contributed by atoms with van der Waals surface area (Å²) in [6.07, 6.45) is 0. The lowest BCUT2D eigenvalue weighted by atomic mass is 10.9. The van der Waals surface area contributed by atoms with Gasteiger partial charge in [-0.25, -0.2) is 0 Å². The molecule has 0 aromatic carbocycles. The van der Waals surface area contributed by atoms with Crippen molar-refractivity contribution in [3.8, 4) is 0 Å². The highest BCUT2D eigenvalue weighted by Gasteiger charge is 1.89. The third kappa shape index (κ3) is 2.03. The van der Waals surface area contributed by atoms with Crippen LogP contribution >= 0.6 is 0 Å². The predicted molar refractivity (Wildman–Crippen MR) is 30.0 cm³/mol. The van der Waals surface area contributed by atoms with E-state index in [1.54, 1.807) is 0 Å². The van der Waals surface area contributed by atoms with Gasteiger partial charge in [0.05, 0.1) is 21.1 Å². The van der Waals surface area contributed by atoms with Crippen LogP contribution in [0.2, 0.25) is 0 Å². The minimum absolute atomic E-state index is 0.931. The van der Waals surface area contributed by atoms with Gasteiger partial charge in [-0.2, -0.15) is 0 Å². The second-order valence-corrected chi connectivity index (χ2v) is 1.12. The lowest BCUT2D eigenvalue weighted by Crippen LogP contribution is -2.74. The van der Waals surface area contributed by atoms with Gasteiger partial charge in [-0.05, 0) is 0 Å². The first kappa shape index (κ1) is 6.27. The molecule has 3 heteroatoms.